The molecule has 2 saturated heterocycles. The average molecular weight is 914 g/mol. The Morgan fingerprint density at radius 3 is 2.26 bits per heavy atom. The molecule has 3 fully saturated rings. The number of methoxy groups -OCH3 is 4. The van der Waals surface area contributed by atoms with Crippen LogP contribution in [0.3, 0.4) is 0 Å². The molecule has 0 spiro atoms. The highest BCUT2D eigenvalue weighted by atomic mass is 16.7. The number of hydrogen-bond acceptors (Lipinski definition) is 12. The summed E-state index contributed by atoms with van der Waals surface area (Å²) in [5, 5.41) is 22.0. The molecule has 2 bridgehead atoms. The summed E-state index contributed by atoms with van der Waals surface area (Å²) in [6.45, 7) is 13.7. The van der Waals surface area contributed by atoms with Crippen LogP contribution in [-0.2, 0) is 47.6 Å². The largest absolute Gasteiger partial charge is 0.460 e. The smallest absolute Gasteiger partial charge is 0.329 e. The molecule has 4 rings (SSSR count). The monoisotopic (exact) mass is 914 g/mol. The fraction of sp³-hybridized carbons (Fsp3) is 0.769. The third-order valence-corrected chi connectivity index (χ3v) is 14.9. The number of nitrogens with zero attached hydrogens (tertiary/aromatic N) is 1. The summed E-state index contributed by atoms with van der Waals surface area (Å²) in [4.78, 5) is 58.4. The van der Waals surface area contributed by atoms with Crippen molar-refractivity contribution in [1.82, 2.24) is 4.90 Å². The third kappa shape index (κ3) is 15.0. The highest BCUT2D eigenvalue weighted by molar-refractivity contribution is 5.87. The predicted molar refractivity (Wildman–Crippen MR) is 250 cm³/mol. The lowest BCUT2D eigenvalue weighted by Gasteiger charge is -2.46. The lowest BCUT2D eigenvalue weighted by atomic mass is 9.78. The van der Waals surface area contributed by atoms with Crippen molar-refractivity contribution >= 4 is 23.4 Å². The molecule has 3 aliphatic heterocycles. The van der Waals surface area contributed by atoms with Crippen molar-refractivity contribution in [3.05, 3.63) is 47.6 Å². The number of rotatable bonds is 7. The van der Waals surface area contributed by atoms with Crippen LogP contribution in [0.15, 0.2) is 47.6 Å². The number of piperidine rings is 1. The van der Waals surface area contributed by atoms with Crippen molar-refractivity contribution in [3.8, 4) is 0 Å². The molecule has 13 heteroatoms. The number of ether oxygens (including phenoxy) is 6. The van der Waals surface area contributed by atoms with Crippen molar-refractivity contribution in [2.24, 2.45) is 35.5 Å². The summed E-state index contributed by atoms with van der Waals surface area (Å²) in [5.41, 5.74) is 1.44. The van der Waals surface area contributed by atoms with E-state index < -0.39 is 54.0 Å². The summed E-state index contributed by atoms with van der Waals surface area (Å²) >= 11 is 0. The van der Waals surface area contributed by atoms with Gasteiger partial charge in [-0.05, 0) is 107 Å². The topological polar surface area (TPSA) is 167 Å². The number of amides is 1. The zero-order chi connectivity index (χ0) is 48.0. The van der Waals surface area contributed by atoms with E-state index in [0.29, 0.717) is 50.6 Å². The number of aliphatic hydroxyl groups is 2. The molecule has 1 aliphatic carbocycles. The number of allylic oxidation sites excluding steroid dienone is 6. The van der Waals surface area contributed by atoms with Crippen LogP contribution in [0.4, 0.5) is 0 Å². The Labute approximate surface area is 389 Å². The summed E-state index contributed by atoms with van der Waals surface area (Å²) in [6.07, 6.45) is 14.1. The van der Waals surface area contributed by atoms with E-state index in [0.717, 1.165) is 37.7 Å². The van der Waals surface area contributed by atoms with Gasteiger partial charge in [-0.15, -0.1) is 0 Å². The summed E-state index contributed by atoms with van der Waals surface area (Å²) in [7, 11) is 6.26. The fourth-order valence-corrected chi connectivity index (χ4v) is 10.5. The minimum atomic E-state index is -1.27. The number of aliphatic hydroxyl groups excluding tert-OH is 2. The summed E-state index contributed by atoms with van der Waals surface area (Å²) in [5.74, 6) is -3.62. The molecule has 3 heterocycles. The summed E-state index contributed by atoms with van der Waals surface area (Å²) in [6, 6.07) is -0.847. The zero-order valence-electron chi connectivity index (χ0n) is 41.4. The molecule has 0 aromatic carbocycles. The van der Waals surface area contributed by atoms with Gasteiger partial charge in [0.1, 0.15) is 30.1 Å². The van der Waals surface area contributed by atoms with Gasteiger partial charge in [0.15, 0.2) is 11.6 Å². The van der Waals surface area contributed by atoms with Gasteiger partial charge in [-0.25, -0.2) is 4.79 Å². The number of Topliss-reactive ketones (excluding diaryl/α,β-unsaturated/α-hetero) is 2. The van der Waals surface area contributed by atoms with E-state index >= 15 is 0 Å². The Hall–Kier alpha value is -3.04. The zero-order valence-corrected chi connectivity index (χ0v) is 41.4. The van der Waals surface area contributed by atoms with E-state index in [2.05, 4.69) is 0 Å². The van der Waals surface area contributed by atoms with Gasteiger partial charge >= 0.3 is 5.97 Å². The second-order valence-corrected chi connectivity index (χ2v) is 19.8. The quantitative estimate of drug-likeness (QED) is 0.190. The molecular weight excluding hydrogens is 831 g/mol. The van der Waals surface area contributed by atoms with Gasteiger partial charge in [0.25, 0.3) is 0 Å². The molecule has 1 amide bonds. The first-order valence-electron chi connectivity index (χ1n) is 24.3. The maximum atomic E-state index is 14.5. The van der Waals surface area contributed by atoms with Crippen LogP contribution in [0.5, 0.6) is 0 Å². The first kappa shape index (κ1) is 54.6. The molecule has 1 saturated carbocycles. The molecular formula is C52H83NO12. The minimum absolute atomic E-state index is 0.0606. The molecule has 15 atom stereocenters. The van der Waals surface area contributed by atoms with Gasteiger partial charge in [-0.1, -0.05) is 71.1 Å². The Morgan fingerprint density at radius 1 is 0.846 bits per heavy atom. The van der Waals surface area contributed by atoms with Crippen molar-refractivity contribution < 1.29 is 57.8 Å². The van der Waals surface area contributed by atoms with Crippen LogP contribution in [0.2, 0.25) is 0 Å². The number of carbonyl (C=O) groups excluding carboxylic acids is 4. The van der Waals surface area contributed by atoms with Crippen LogP contribution in [0.1, 0.15) is 132 Å². The number of cyclic esters (lactones) is 1. The van der Waals surface area contributed by atoms with Gasteiger partial charge in [0, 0.05) is 65.6 Å². The lowest BCUT2D eigenvalue weighted by molar-refractivity contribution is -0.297. The van der Waals surface area contributed by atoms with E-state index in [1.54, 1.807) is 46.2 Å². The van der Waals surface area contributed by atoms with E-state index in [1.807, 2.05) is 65.0 Å². The first-order chi connectivity index (χ1) is 30.9. The van der Waals surface area contributed by atoms with Crippen molar-refractivity contribution in [2.45, 2.75) is 186 Å². The van der Waals surface area contributed by atoms with Crippen LogP contribution in [0.25, 0.3) is 0 Å². The van der Waals surface area contributed by atoms with Crippen LogP contribution in [-0.4, -0.2) is 128 Å². The van der Waals surface area contributed by atoms with E-state index in [1.165, 1.54) is 7.11 Å². The van der Waals surface area contributed by atoms with Crippen LogP contribution >= 0.6 is 0 Å². The van der Waals surface area contributed by atoms with E-state index in [4.69, 9.17) is 28.4 Å². The van der Waals surface area contributed by atoms with Gasteiger partial charge in [-0.3, -0.25) is 14.4 Å². The first-order valence-corrected chi connectivity index (χ1v) is 24.3. The van der Waals surface area contributed by atoms with Crippen LogP contribution < -0.4 is 0 Å². The Morgan fingerprint density at radius 2 is 1.58 bits per heavy atom. The fourth-order valence-electron chi connectivity index (χ4n) is 10.5. The highest BCUT2D eigenvalue weighted by Crippen LogP contribution is 2.41. The number of hydrogen-bond donors (Lipinski definition) is 2. The molecule has 65 heavy (non-hydrogen) atoms. The minimum Gasteiger partial charge on any atom is -0.460 e. The Kier molecular flexibility index (Phi) is 21.8. The number of ketones is 2. The second kappa shape index (κ2) is 25.9. The molecule has 0 aromatic rings. The number of esters is 1. The molecule has 13 nitrogen and oxygen atoms in total. The van der Waals surface area contributed by atoms with Gasteiger partial charge in [0.05, 0.1) is 30.8 Å². The number of fused-ring (bicyclic) bond motifs is 3. The normalized spacial score (nSPS) is 40.4. The SMILES string of the molecule is COC1CC2CCC(C)C(OC)(CC(=O)N3CCCCC3C(=O)OC(C(C)CC3CCC(O)C(OC)C3)CC(=O)C(C)/C=C(\C)C(O)C(OC)C(=O)C(C)CC(C)/C=C/C=C/C=C/1C)O2. The van der Waals surface area contributed by atoms with E-state index in [-0.39, 0.29) is 72.3 Å². The van der Waals surface area contributed by atoms with Crippen molar-refractivity contribution in [2.75, 3.05) is 35.0 Å². The van der Waals surface area contributed by atoms with Gasteiger partial charge in [0.2, 0.25) is 5.91 Å². The molecule has 0 radical (unpaired) electrons. The molecule has 368 valence electrons. The molecule has 4 aliphatic rings. The third-order valence-electron chi connectivity index (χ3n) is 14.9. The van der Waals surface area contributed by atoms with Crippen molar-refractivity contribution in [3.63, 3.8) is 0 Å². The molecule has 2 N–H and O–H groups in total. The standard InChI is InChI=1S/C52H83NO12/c1-32-17-13-12-14-18-33(2)44(60-8)29-40-22-20-38(7)52(63-11,65-40)31-47(56)53-24-16-15-19-41(53)51(59)64-45(35(4)27-39-21-23-42(54)46(28-39)61-9)30-43(55)34(3)26-37(6)49(58)50(62-10)48(57)36(5)25-32/h12-14,17-18,26,32,34-36,38-42,44-46,49-50,54,58H,15-16,19-25,27-31H2,1-11H3/b14-12+,17-13+,33-18+,37-26+. The van der Waals surface area contributed by atoms with E-state index in [9.17, 15) is 29.4 Å². The maximum absolute atomic E-state index is 14.5. The number of carbonyl (C=O) groups is 4. The van der Waals surface area contributed by atoms with Crippen molar-refractivity contribution in [1.29, 1.82) is 0 Å². The van der Waals surface area contributed by atoms with Gasteiger partial charge < -0.3 is 43.5 Å². The Bertz CT molecular complexity index is 1690. The Balaban J connectivity index is 1.69. The predicted octanol–water partition coefficient (Wildman–Crippen LogP) is 7.66. The molecule has 0 aromatic heterocycles. The second-order valence-electron chi connectivity index (χ2n) is 19.8. The van der Waals surface area contributed by atoms with Crippen LogP contribution in [0, 0.1) is 35.5 Å². The summed E-state index contributed by atoms with van der Waals surface area (Å²) < 4.78 is 36.4. The lowest BCUT2D eigenvalue weighted by Crippen LogP contribution is -2.55. The average Bonchev–Trinajstić information content (AvgIpc) is 3.28. The van der Waals surface area contributed by atoms with Gasteiger partial charge in [-0.2, -0.15) is 0 Å². The highest BCUT2D eigenvalue weighted by Gasteiger charge is 2.48. The maximum Gasteiger partial charge on any atom is 0.329 e. The molecule has 15 unspecified atom stereocenters.